The lowest BCUT2D eigenvalue weighted by molar-refractivity contribution is -0.141. The molecule has 0 bridgehead atoms. The Bertz CT molecular complexity index is 1010. The average Bonchev–Trinajstić information content (AvgIpc) is 2.87. The first kappa shape index (κ1) is 27.1. The molecular formula is C25H30FN3O7. The van der Waals surface area contributed by atoms with Crippen LogP contribution in [-0.4, -0.2) is 80.1 Å². The SMILES string of the molecule is NC(=O)C(c1ccc(F)cc1)c1ccc(COC(=O)N[C@@H](COCCN2CCOCC2)C(=O)O)cc1. The number of aliphatic carboxylic acids is 1. The largest absolute Gasteiger partial charge is 0.480 e. The number of carboxylic acids is 1. The average molecular weight is 504 g/mol. The van der Waals surface area contributed by atoms with E-state index in [1.807, 2.05) is 0 Å². The van der Waals surface area contributed by atoms with E-state index in [1.165, 1.54) is 24.3 Å². The van der Waals surface area contributed by atoms with Crippen molar-refractivity contribution in [2.24, 2.45) is 5.73 Å². The molecular weight excluding hydrogens is 473 g/mol. The molecule has 10 nitrogen and oxygen atoms in total. The van der Waals surface area contributed by atoms with Gasteiger partial charge in [-0.2, -0.15) is 0 Å². The molecule has 1 saturated heterocycles. The highest BCUT2D eigenvalue weighted by Crippen LogP contribution is 2.25. The molecule has 0 aliphatic carbocycles. The van der Waals surface area contributed by atoms with Crippen molar-refractivity contribution in [2.45, 2.75) is 18.6 Å². The van der Waals surface area contributed by atoms with Gasteiger partial charge < -0.3 is 30.4 Å². The summed E-state index contributed by atoms with van der Waals surface area (Å²) in [4.78, 5) is 37.7. The van der Waals surface area contributed by atoms with E-state index in [-0.39, 0.29) is 13.2 Å². The van der Waals surface area contributed by atoms with E-state index < -0.39 is 35.7 Å². The van der Waals surface area contributed by atoms with Crippen LogP contribution in [0.1, 0.15) is 22.6 Å². The van der Waals surface area contributed by atoms with Gasteiger partial charge in [0.2, 0.25) is 5.91 Å². The Morgan fingerprint density at radius 2 is 1.67 bits per heavy atom. The number of hydrogen-bond acceptors (Lipinski definition) is 7. The number of halogens is 1. The van der Waals surface area contributed by atoms with E-state index in [1.54, 1.807) is 24.3 Å². The van der Waals surface area contributed by atoms with Gasteiger partial charge in [-0.15, -0.1) is 0 Å². The second-order valence-electron chi connectivity index (χ2n) is 8.27. The quantitative estimate of drug-likeness (QED) is 0.370. The van der Waals surface area contributed by atoms with Crippen LogP contribution in [0.25, 0.3) is 0 Å². The number of carbonyl (C=O) groups is 3. The number of benzene rings is 2. The van der Waals surface area contributed by atoms with Gasteiger partial charge >= 0.3 is 12.1 Å². The van der Waals surface area contributed by atoms with Crippen molar-refractivity contribution in [2.75, 3.05) is 46.1 Å². The maximum Gasteiger partial charge on any atom is 0.408 e. The van der Waals surface area contributed by atoms with Crippen LogP contribution >= 0.6 is 0 Å². The molecule has 0 radical (unpaired) electrons. The highest BCUT2D eigenvalue weighted by Gasteiger charge is 2.22. The second-order valence-corrected chi connectivity index (χ2v) is 8.27. The number of carboxylic acid groups (broad SMARTS) is 1. The zero-order valence-corrected chi connectivity index (χ0v) is 19.7. The number of hydrogen-bond donors (Lipinski definition) is 3. The number of nitrogens with two attached hydrogens (primary N) is 1. The van der Waals surface area contributed by atoms with Crippen molar-refractivity contribution >= 4 is 18.0 Å². The van der Waals surface area contributed by atoms with Gasteiger partial charge in [-0.1, -0.05) is 36.4 Å². The van der Waals surface area contributed by atoms with E-state index in [9.17, 15) is 23.9 Å². The number of nitrogens with one attached hydrogen (secondary N) is 1. The molecule has 11 heteroatoms. The van der Waals surface area contributed by atoms with Crippen LogP contribution < -0.4 is 11.1 Å². The fraction of sp³-hybridized carbons (Fsp3) is 0.400. The number of carbonyl (C=O) groups excluding carboxylic acids is 2. The number of alkyl carbamates (subject to hydrolysis) is 1. The molecule has 1 aliphatic heterocycles. The normalized spacial score (nSPS) is 15.6. The molecule has 0 aromatic heterocycles. The summed E-state index contributed by atoms with van der Waals surface area (Å²) >= 11 is 0. The van der Waals surface area contributed by atoms with Crippen LogP contribution in [-0.2, 0) is 30.4 Å². The molecule has 2 aromatic rings. The molecule has 0 saturated carbocycles. The number of rotatable bonds is 12. The zero-order valence-electron chi connectivity index (χ0n) is 19.7. The van der Waals surface area contributed by atoms with E-state index in [0.717, 1.165) is 13.1 Å². The van der Waals surface area contributed by atoms with Crippen LogP contribution in [0.3, 0.4) is 0 Å². The summed E-state index contributed by atoms with van der Waals surface area (Å²) < 4.78 is 29.1. The Hall–Kier alpha value is -3.54. The minimum Gasteiger partial charge on any atom is -0.480 e. The standard InChI is InChI=1S/C25H30FN3O7/c26-20-7-5-19(6-8-20)22(23(27)30)18-3-1-17(2-4-18)15-36-25(33)28-21(24(31)32)16-35-14-11-29-9-12-34-13-10-29/h1-8,21-22H,9-16H2,(H2,27,30)(H,28,33)(H,31,32)/t21-,22?/m0/s1. The zero-order chi connectivity index (χ0) is 25.9. The summed E-state index contributed by atoms with van der Waals surface area (Å²) in [6.45, 7) is 3.58. The van der Waals surface area contributed by atoms with Gasteiger partial charge in [-0.25, -0.2) is 14.0 Å². The van der Waals surface area contributed by atoms with Crippen LogP contribution in [0.4, 0.5) is 9.18 Å². The van der Waals surface area contributed by atoms with Gasteiger partial charge in [0.15, 0.2) is 6.04 Å². The third kappa shape index (κ3) is 8.29. The van der Waals surface area contributed by atoms with Crippen LogP contribution in [0.5, 0.6) is 0 Å². The third-order valence-corrected chi connectivity index (χ3v) is 5.70. The first-order valence-electron chi connectivity index (χ1n) is 11.5. The summed E-state index contributed by atoms with van der Waals surface area (Å²) in [6, 6.07) is 10.9. The molecule has 2 atom stereocenters. The van der Waals surface area contributed by atoms with E-state index in [0.29, 0.717) is 43.1 Å². The summed E-state index contributed by atoms with van der Waals surface area (Å²) in [7, 11) is 0. The summed E-state index contributed by atoms with van der Waals surface area (Å²) in [5, 5.41) is 11.6. The van der Waals surface area contributed by atoms with Crippen molar-refractivity contribution in [3.63, 3.8) is 0 Å². The van der Waals surface area contributed by atoms with Gasteiger partial charge in [0.05, 0.1) is 32.3 Å². The fourth-order valence-corrected chi connectivity index (χ4v) is 3.71. The summed E-state index contributed by atoms with van der Waals surface area (Å²) in [5.41, 5.74) is 7.32. The van der Waals surface area contributed by atoms with E-state index in [4.69, 9.17) is 19.9 Å². The Labute approximate surface area is 208 Å². The summed E-state index contributed by atoms with van der Waals surface area (Å²) in [5.74, 6) is -3.00. The fourth-order valence-electron chi connectivity index (χ4n) is 3.71. The van der Waals surface area contributed by atoms with Crippen molar-refractivity contribution < 1.29 is 38.1 Å². The maximum absolute atomic E-state index is 13.2. The number of primary amides is 1. The number of morpholine rings is 1. The first-order valence-corrected chi connectivity index (χ1v) is 11.5. The number of ether oxygens (including phenoxy) is 3. The summed E-state index contributed by atoms with van der Waals surface area (Å²) in [6.07, 6.45) is -0.899. The molecule has 3 rings (SSSR count). The number of nitrogens with zero attached hydrogens (tertiary/aromatic N) is 1. The Kier molecular flexibility index (Phi) is 10.2. The molecule has 2 amide bonds. The first-order chi connectivity index (χ1) is 17.3. The molecule has 1 fully saturated rings. The highest BCUT2D eigenvalue weighted by atomic mass is 19.1. The van der Waals surface area contributed by atoms with E-state index >= 15 is 0 Å². The Morgan fingerprint density at radius 3 is 2.25 bits per heavy atom. The lowest BCUT2D eigenvalue weighted by atomic mass is 9.90. The molecule has 194 valence electrons. The van der Waals surface area contributed by atoms with Crippen molar-refractivity contribution in [3.8, 4) is 0 Å². The topological polar surface area (TPSA) is 140 Å². The van der Waals surface area contributed by atoms with Crippen molar-refractivity contribution in [1.82, 2.24) is 10.2 Å². The molecule has 1 heterocycles. The van der Waals surface area contributed by atoms with Gasteiger partial charge in [0.25, 0.3) is 0 Å². The van der Waals surface area contributed by atoms with Gasteiger partial charge in [0.1, 0.15) is 12.4 Å². The predicted octanol–water partition coefficient (Wildman–Crippen LogP) is 1.47. The molecule has 4 N–H and O–H groups in total. The molecule has 36 heavy (non-hydrogen) atoms. The monoisotopic (exact) mass is 503 g/mol. The molecule has 1 unspecified atom stereocenters. The van der Waals surface area contributed by atoms with Crippen LogP contribution in [0.2, 0.25) is 0 Å². The van der Waals surface area contributed by atoms with Crippen LogP contribution in [0.15, 0.2) is 48.5 Å². The van der Waals surface area contributed by atoms with Crippen LogP contribution in [0, 0.1) is 5.82 Å². The van der Waals surface area contributed by atoms with Crippen molar-refractivity contribution in [3.05, 3.63) is 71.0 Å². The lowest BCUT2D eigenvalue weighted by Gasteiger charge is -2.26. The van der Waals surface area contributed by atoms with Gasteiger partial charge in [0, 0.05) is 19.6 Å². The number of amides is 2. The van der Waals surface area contributed by atoms with E-state index in [2.05, 4.69) is 10.2 Å². The molecule has 1 aliphatic rings. The van der Waals surface area contributed by atoms with Gasteiger partial charge in [-0.3, -0.25) is 9.69 Å². The second kappa shape index (κ2) is 13.5. The maximum atomic E-state index is 13.2. The van der Waals surface area contributed by atoms with Crippen molar-refractivity contribution in [1.29, 1.82) is 0 Å². The lowest BCUT2D eigenvalue weighted by Crippen LogP contribution is -2.45. The smallest absolute Gasteiger partial charge is 0.408 e. The molecule has 2 aromatic carbocycles. The Balaban J connectivity index is 1.46. The minimum atomic E-state index is -1.25. The van der Waals surface area contributed by atoms with Gasteiger partial charge in [-0.05, 0) is 28.8 Å². The third-order valence-electron chi connectivity index (χ3n) is 5.70. The highest BCUT2D eigenvalue weighted by molar-refractivity contribution is 5.85. The minimum absolute atomic E-state index is 0.117. The predicted molar refractivity (Wildman–Crippen MR) is 127 cm³/mol. The molecule has 0 spiro atoms. The Morgan fingerprint density at radius 1 is 1.06 bits per heavy atom.